The number of hydrogen-bond donors (Lipinski definition) is 0. The molecule has 0 N–H and O–H groups in total. The fourth-order valence-corrected chi connectivity index (χ4v) is 6.00. The van der Waals surface area contributed by atoms with Crippen LogP contribution in [0.25, 0.3) is 5.69 Å². The minimum absolute atomic E-state index is 0.103. The molecule has 5 nitrogen and oxygen atoms in total. The minimum Gasteiger partial charge on any atom is -0.376 e. The van der Waals surface area contributed by atoms with E-state index in [2.05, 4.69) is 9.67 Å². The molecule has 9 heteroatoms. The van der Waals surface area contributed by atoms with Gasteiger partial charge in [-0.1, -0.05) is 34.7 Å². The Morgan fingerprint density at radius 2 is 2.13 bits per heavy atom. The van der Waals surface area contributed by atoms with Gasteiger partial charge in [0.15, 0.2) is 14.1 Å². The Labute approximate surface area is 194 Å². The van der Waals surface area contributed by atoms with Crippen molar-refractivity contribution in [2.24, 2.45) is 0 Å². The van der Waals surface area contributed by atoms with Crippen molar-refractivity contribution >= 4 is 52.7 Å². The number of carbonyl (C=O) groups is 1. The maximum Gasteiger partial charge on any atom is 0.184 e. The predicted molar refractivity (Wildman–Crippen MR) is 125 cm³/mol. The molecule has 1 aliphatic rings. The zero-order valence-corrected chi connectivity index (χ0v) is 20.0. The van der Waals surface area contributed by atoms with Gasteiger partial charge in [-0.05, 0) is 69.2 Å². The maximum atomic E-state index is 12.9. The molecule has 0 spiro atoms. The van der Waals surface area contributed by atoms with E-state index in [1.807, 2.05) is 32.0 Å². The summed E-state index contributed by atoms with van der Waals surface area (Å²) < 4.78 is 11.1. The van der Waals surface area contributed by atoms with Gasteiger partial charge in [0.2, 0.25) is 0 Å². The average molecular weight is 480 g/mol. The molecule has 3 aromatic rings. The number of nitrogens with zero attached hydrogens (tertiary/aromatic N) is 3. The molecule has 0 aliphatic carbocycles. The van der Waals surface area contributed by atoms with E-state index in [1.54, 1.807) is 16.8 Å². The van der Waals surface area contributed by atoms with E-state index in [1.165, 1.54) is 23.1 Å². The Kier molecular flexibility index (Phi) is 6.79. The summed E-state index contributed by atoms with van der Waals surface area (Å²) in [6.45, 7) is 5.70. The highest BCUT2D eigenvalue weighted by molar-refractivity contribution is 8.01. The number of rotatable bonds is 7. The molecule has 1 atom stereocenters. The van der Waals surface area contributed by atoms with Crippen LogP contribution in [0.5, 0.6) is 0 Å². The normalized spacial score (nSPS) is 16.3. The fourth-order valence-electron chi connectivity index (χ4n) is 3.63. The second-order valence-corrected chi connectivity index (χ2v) is 10.5. The number of aromatic nitrogens is 3. The van der Waals surface area contributed by atoms with Crippen LogP contribution >= 0.6 is 46.9 Å². The molecule has 3 heterocycles. The van der Waals surface area contributed by atoms with Gasteiger partial charge in [-0.2, -0.15) is 0 Å². The van der Waals surface area contributed by atoms with Crippen LogP contribution in [0.15, 0.2) is 34.7 Å². The second kappa shape index (κ2) is 9.36. The molecule has 2 aromatic heterocycles. The zero-order valence-electron chi connectivity index (χ0n) is 16.8. The second-order valence-electron chi connectivity index (χ2n) is 7.26. The molecular formula is C21H22ClN3O2S3. The predicted octanol–water partition coefficient (Wildman–Crippen LogP) is 5.89. The Balaban J connectivity index is 1.44. The van der Waals surface area contributed by atoms with Gasteiger partial charge in [0, 0.05) is 35.1 Å². The summed E-state index contributed by atoms with van der Waals surface area (Å²) >= 11 is 14.2. The smallest absolute Gasteiger partial charge is 0.184 e. The number of halogens is 1. The zero-order chi connectivity index (χ0) is 21.3. The number of carbonyl (C=O) groups excluding carboxylic acids is 1. The van der Waals surface area contributed by atoms with Crippen LogP contribution in [0.4, 0.5) is 0 Å². The SMILES string of the molecule is Cc1cc(C(=O)CSc2nn(-c3ccc(Cl)cc3)c(=S)s2)c(C)n1CC1CCCO1. The standard InChI is InChI=1S/C21H22ClN3O2S3/c1-13-10-18(14(2)24(13)11-17-4-3-9-27-17)19(26)12-29-20-23-25(21(28)30-20)16-7-5-15(22)6-8-16/h5-8,10,17H,3-4,9,11-12H2,1-2H3. The number of hydrogen-bond acceptors (Lipinski definition) is 6. The average Bonchev–Trinajstić information content (AvgIpc) is 3.43. The van der Waals surface area contributed by atoms with E-state index in [4.69, 9.17) is 28.6 Å². The lowest BCUT2D eigenvalue weighted by Gasteiger charge is -2.14. The van der Waals surface area contributed by atoms with Crippen LogP contribution in [0.1, 0.15) is 34.6 Å². The van der Waals surface area contributed by atoms with Crippen molar-refractivity contribution in [1.29, 1.82) is 0 Å². The lowest BCUT2D eigenvalue weighted by Crippen LogP contribution is -2.17. The van der Waals surface area contributed by atoms with Gasteiger partial charge < -0.3 is 9.30 Å². The molecule has 1 saturated heterocycles. The van der Waals surface area contributed by atoms with Gasteiger partial charge >= 0.3 is 0 Å². The van der Waals surface area contributed by atoms with Gasteiger partial charge in [0.25, 0.3) is 0 Å². The van der Waals surface area contributed by atoms with Crippen molar-refractivity contribution in [3.05, 3.63) is 56.3 Å². The Bertz CT molecular complexity index is 1110. The van der Waals surface area contributed by atoms with Crippen LogP contribution in [0, 0.1) is 17.8 Å². The Hall–Kier alpha value is -1.45. The largest absolute Gasteiger partial charge is 0.376 e. The molecule has 1 aromatic carbocycles. The summed E-state index contributed by atoms with van der Waals surface area (Å²) in [5.74, 6) is 0.429. The third-order valence-electron chi connectivity index (χ3n) is 5.21. The van der Waals surface area contributed by atoms with Crippen LogP contribution in [0.3, 0.4) is 0 Å². The first kappa shape index (κ1) is 21.8. The van der Waals surface area contributed by atoms with E-state index in [-0.39, 0.29) is 11.9 Å². The highest BCUT2D eigenvalue weighted by Crippen LogP contribution is 2.27. The summed E-state index contributed by atoms with van der Waals surface area (Å²) in [5, 5.41) is 5.23. The summed E-state index contributed by atoms with van der Waals surface area (Å²) in [7, 11) is 0. The molecule has 1 fully saturated rings. The van der Waals surface area contributed by atoms with E-state index in [0.29, 0.717) is 14.7 Å². The number of ether oxygens (including phenoxy) is 1. The summed E-state index contributed by atoms with van der Waals surface area (Å²) in [4.78, 5) is 12.9. The highest BCUT2D eigenvalue weighted by atomic mass is 35.5. The van der Waals surface area contributed by atoms with Gasteiger partial charge in [0.05, 0.1) is 17.5 Å². The molecule has 0 radical (unpaired) electrons. The molecule has 158 valence electrons. The quantitative estimate of drug-likeness (QED) is 0.240. The van der Waals surface area contributed by atoms with Crippen LogP contribution in [0.2, 0.25) is 5.02 Å². The van der Waals surface area contributed by atoms with Crippen molar-refractivity contribution in [2.75, 3.05) is 12.4 Å². The van der Waals surface area contributed by atoms with Crippen molar-refractivity contribution in [3.8, 4) is 5.69 Å². The first-order chi connectivity index (χ1) is 14.4. The molecule has 1 unspecified atom stereocenters. The summed E-state index contributed by atoms with van der Waals surface area (Å²) in [6, 6.07) is 9.35. The molecule has 0 saturated carbocycles. The van der Waals surface area contributed by atoms with Crippen molar-refractivity contribution in [3.63, 3.8) is 0 Å². The summed E-state index contributed by atoms with van der Waals surface area (Å²) in [5.41, 5.74) is 3.74. The third-order valence-corrected chi connectivity index (χ3v) is 7.83. The minimum atomic E-state index is 0.103. The van der Waals surface area contributed by atoms with Gasteiger partial charge in [-0.15, -0.1) is 5.10 Å². The Morgan fingerprint density at radius 1 is 1.37 bits per heavy atom. The van der Waals surface area contributed by atoms with E-state index in [9.17, 15) is 4.79 Å². The number of Topliss-reactive ketones (excluding diaryl/α,β-unsaturated/α-hetero) is 1. The highest BCUT2D eigenvalue weighted by Gasteiger charge is 2.21. The monoisotopic (exact) mass is 479 g/mol. The van der Waals surface area contributed by atoms with Crippen LogP contribution in [-0.2, 0) is 11.3 Å². The first-order valence-corrected chi connectivity index (χ1v) is 12.3. The lowest BCUT2D eigenvalue weighted by molar-refractivity contribution is 0.0957. The molecule has 30 heavy (non-hydrogen) atoms. The number of ketones is 1. The van der Waals surface area contributed by atoms with Crippen molar-refractivity contribution in [2.45, 2.75) is 43.7 Å². The number of benzene rings is 1. The Morgan fingerprint density at radius 3 is 2.83 bits per heavy atom. The van der Waals surface area contributed by atoms with Crippen LogP contribution in [-0.4, -0.2) is 38.6 Å². The first-order valence-electron chi connectivity index (χ1n) is 9.73. The molecule has 0 bridgehead atoms. The van der Waals surface area contributed by atoms with E-state index in [0.717, 1.165) is 53.0 Å². The van der Waals surface area contributed by atoms with Gasteiger partial charge in [-0.3, -0.25) is 4.79 Å². The number of thioether (sulfide) groups is 1. The molecule has 1 aliphatic heterocycles. The lowest BCUT2D eigenvalue weighted by atomic mass is 10.2. The van der Waals surface area contributed by atoms with Gasteiger partial charge in [0.1, 0.15) is 0 Å². The van der Waals surface area contributed by atoms with Crippen LogP contribution < -0.4 is 0 Å². The van der Waals surface area contributed by atoms with E-state index >= 15 is 0 Å². The molecular weight excluding hydrogens is 458 g/mol. The molecule has 4 rings (SSSR count). The summed E-state index contributed by atoms with van der Waals surface area (Å²) in [6.07, 6.45) is 2.44. The van der Waals surface area contributed by atoms with E-state index < -0.39 is 0 Å². The van der Waals surface area contributed by atoms with Crippen molar-refractivity contribution < 1.29 is 9.53 Å². The fraction of sp³-hybridized carbons (Fsp3) is 0.381. The van der Waals surface area contributed by atoms with Gasteiger partial charge in [-0.25, -0.2) is 4.68 Å². The topological polar surface area (TPSA) is 49.0 Å². The number of aryl methyl sites for hydroxylation is 1. The van der Waals surface area contributed by atoms with Crippen molar-refractivity contribution in [1.82, 2.24) is 14.3 Å². The maximum absolute atomic E-state index is 12.9. The third kappa shape index (κ3) is 4.73. The molecule has 0 amide bonds.